The third-order valence-corrected chi connectivity index (χ3v) is 5.07. The van der Waals surface area contributed by atoms with Crippen LogP contribution in [0.4, 0.5) is 0 Å². The molecule has 3 aromatic rings. The summed E-state index contributed by atoms with van der Waals surface area (Å²) in [5, 5.41) is 0. The van der Waals surface area contributed by atoms with Gasteiger partial charge < -0.3 is 13.9 Å². The second-order valence-electron chi connectivity index (χ2n) is 6.89. The number of rotatable bonds is 5. The number of aromatic amines is 1. The van der Waals surface area contributed by atoms with E-state index in [4.69, 9.17) is 0 Å². The number of piperazine rings is 1. The largest absolute Gasteiger partial charge is 0.340 e. The molecule has 0 unspecified atom stereocenters. The van der Waals surface area contributed by atoms with E-state index in [1.165, 1.54) is 16.8 Å². The van der Waals surface area contributed by atoms with Gasteiger partial charge in [0.05, 0.1) is 11.9 Å². The molecule has 0 aromatic carbocycles. The highest BCUT2D eigenvalue weighted by atomic mass is 16.2. The van der Waals surface area contributed by atoms with E-state index in [-0.39, 0.29) is 18.9 Å². The average Bonchev–Trinajstić information content (AvgIpc) is 3.11. The molecule has 9 heteroatoms. The zero-order chi connectivity index (χ0) is 19.5. The monoisotopic (exact) mass is 382 g/mol. The van der Waals surface area contributed by atoms with Crippen LogP contribution in [0.3, 0.4) is 0 Å². The first-order valence-corrected chi connectivity index (χ1v) is 9.31. The van der Waals surface area contributed by atoms with Crippen molar-refractivity contribution in [2.24, 2.45) is 0 Å². The molecule has 3 aromatic heterocycles. The summed E-state index contributed by atoms with van der Waals surface area (Å²) in [4.78, 5) is 46.0. The molecule has 4 heterocycles. The smallest absolute Gasteiger partial charge is 0.328 e. The lowest BCUT2D eigenvalue weighted by Gasteiger charge is -2.34. The Hall–Kier alpha value is -3.20. The highest BCUT2D eigenvalue weighted by Gasteiger charge is 2.21. The van der Waals surface area contributed by atoms with Crippen LogP contribution in [0.15, 0.2) is 52.4 Å². The van der Waals surface area contributed by atoms with Crippen molar-refractivity contribution in [3.63, 3.8) is 0 Å². The number of amides is 1. The number of carbonyl (C=O) groups is 1. The van der Waals surface area contributed by atoms with Crippen LogP contribution in [0.5, 0.6) is 0 Å². The lowest BCUT2D eigenvalue weighted by atomic mass is 10.2. The Morgan fingerprint density at radius 1 is 1.07 bits per heavy atom. The number of carbonyl (C=O) groups excluding carboxylic acids is 1. The maximum Gasteiger partial charge on any atom is 0.328 e. The van der Waals surface area contributed by atoms with Crippen molar-refractivity contribution in [3.05, 3.63) is 69.4 Å². The quantitative estimate of drug-likeness (QED) is 0.666. The van der Waals surface area contributed by atoms with E-state index < -0.39 is 11.2 Å². The first-order chi connectivity index (χ1) is 13.6. The lowest BCUT2D eigenvalue weighted by molar-refractivity contribution is -0.133. The van der Waals surface area contributed by atoms with Gasteiger partial charge in [-0.15, -0.1) is 0 Å². The Morgan fingerprint density at radius 2 is 1.89 bits per heavy atom. The first kappa shape index (κ1) is 18.2. The Balaban J connectivity index is 1.29. The van der Waals surface area contributed by atoms with Crippen molar-refractivity contribution < 1.29 is 4.79 Å². The van der Waals surface area contributed by atoms with Crippen LogP contribution >= 0.6 is 0 Å². The van der Waals surface area contributed by atoms with Gasteiger partial charge in [-0.05, 0) is 12.1 Å². The molecule has 1 aliphatic heterocycles. The summed E-state index contributed by atoms with van der Waals surface area (Å²) in [6, 6.07) is 7.22. The minimum Gasteiger partial charge on any atom is -0.340 e. The summed E-state index contributed by atoms with van der Waals surface area (Å²) in [6.45, 7) is 3.97. The molecule has 1 fully saturated rings. The highest BCUT2D eigenvalue weighted by Crippen LogP contribution is 2.12. The number of hydrogen-bond acceptors (Lipinski definition) is 5. The van der Waals surface area contributed by atoms with E-state index in [1.807, 2.05) is 35.5 Å². The van der Waals surface area contributed by atoms with Gasteiger partial charge in [-0.1, -0.05) is 6.07 Å². The molecule has 28 heavy (non-hydrogen) atoms. The van der Waals surface area contributed by atoms with Crippen molar-refractivity contribution in [2.75, 3.05) is 26.2 Å². The predicted octanol–water partition coefficient (Wildman–Crippen LogP) is -0.0812. The summed E-state index contributed by atoms with van der Waals surface area (Å²) >= 11 is 0. The fourth-order valence-electron chi connectivity index (χ4n) is 3.48. The van der Waals surface area contributed by atoms with Gasteiger partial charge in [0.25, 0.3) is 5.56 Å². The SMILES string of the molecule is O=C(CCn1ccc(=O)[nH]c1=O)N1CCN(Cc2cnc3ccccn23)CC1. The number of pyridine rings is 1. The molecule has 9 nitrogen and oxygen atoms in total. The van der Waals surface area contributed by atoms with Gasteiger partial charge in [0.15, 0.2) is 0 Å². The average molecular weight is 382 g/mol. The van der Waals surface area contributed by atoms with Crippen LogP contribution in [-0.4, -0.2) is 60.8 Å². The number of imidazole rings is 1. The fourth-order valence-corrected chi connectivity index (χ4v) is 3.48. The molecule has 1 N–H and O–H groups in total. The summed E-state index contributed by atoms with van der Waals surface area (Å²) in [5.74, 6) is 0.0209. The predicted molar refractivity (Wildman–Crippen MR) is 103 cm³/mol. The van der Waals surface area contributed by atoms with Crippen molar-refractivity contribution in [3.8, 4) is 0 Å². The van der Waals surface area contributed by atoms with E-state index in [2.05, 4.69) is 19.3 Å². The minimum absolute atomic E-state index is 0.0209. The Morgan fingerprint density at radius 3 is 2.68 bits per heavy atom. The van der Waals surface area contributed by atoms with Crippen molar-refractivity contribution in [1.29, 1.82) is 0 Å². The maximum absolute atomic E-state index is 12.5. The van der Waals surface area contributed by atoms with E-state index in [9.17, 15) is 14.4 Å². The molecule has 4 rings (SSSR count). The van der Waals surface area contributed by atoms with Gasteiger partial charge in [0, 0.05) is 64.1 Å². The molecule has 1 amide bonds. The van der Waals surface area contributed by atoms with Crippen LogP contribution in [0, 0.1) is 0 Å². The molecule has 0 radical (unpaired) electrons. The number of fused-ring (bicyclic) bond motifs is 1. The Kier molecular flexibility index (Phi) is 5.07. The Labute approximate surface area is 160 Å². The van der Waals surface area contributed by atoms with Gasteiger partial charge in [0.2, 0.25) is 5.91 Å². The number of aryl methyl sites for hydroxylation is 1. The lowest BCUT2D eigenvalue weighted by Crippen LogP contribution is -2.48. The van der Waals surface area contributed by atoms with Gasteiger partial charge in [-0.3, -0.25) is 19.5 Å². The summed E-state index contributed by atoms with van der Waals surface area (Å²) in [5.41, 5.74) is 1.14. The maximum atomic E-state index is 12.5. The molecule has 1 aliphatic rings. The van der Waals surface area contributed by atoms with Crippen LogP contribution in [0.2, 0.25) is 0 Å². The van der Waals surface area contributed by atoms with Crippen LogP contribution < -0.4 is 11.2 Å². The fraction of sp³-hybridized carbons (Fsp3) is 0.368. The van der Waals surface area contributed by atoms with Crippen molar-refractivity contribution in [1.82, 2.24) is 28.7 Å². The molecule has 0 bridgehead atoms. The van der Waals surface area contributed by atoms with Gasteiger partial charge in [-0.25, -0.2) is 9.78 Å². The number of H-pyrrole nitrogens is 1. The summed E-state index contributed by atoms with van der Waals surface area (Å²) in [7, 11) is 0. The number of nitrogens with one attached hydrogen (secondary N) is 1. The van der Waals surface area contributed by atoms with Crippen LogP contribution in [0.25, 0.3) is 5.65 Å². The summed E-state index contributed by atoms with van der Waals surface area (Å²) in [6.07, 6.45) is 5.56. The second kappa shape index (κ2) is 7.81. The van der Waals surface area contributed by atoms with E-state index in [0.29, 0.717) is 13.1 Å². The van der Waals surface area contributed by atoms with Crippen molar-refractivity contribution >= 4 is 11.6 Å². The van der Waals surface area contributed by atoms with E-state index >= 15 is 0 Å². The molecular weight excluding hydrogens is 360 g/mol. The minimum atomic E-state index is -0.488. The topological polar surface area (TPSA) is 95.7 Å². The summed E-state index contributed by atoms with van der Waals surface area (Å²) < 4.78 is 3.43. The zero-order valence-electron chi connectivity index (χ0n) is 15.5. The number of nitrogens with zero attached hydrogens (tertiary/aromatic N) is 5. The third-order valence-electron chi connectivity index (χ3n) is 5.07. The van der Waals surface area contributed by atoms with Gasteiger partial charge in [-0.2, -0.15) is 0 Å². The first-order valence-electron chi connectivity index (χ1n) is 9.31. The molecule has 146 valence electrons. The highest BCUT2D eigenvalue weighted by molar-refractivity contribution is 5.76. The number of hydrogen-bond donors (Lipinski definition) is 1. The molecule has 0 aliphatic carbocycles. The molecule has 0 atom stereocenters. The van der Waals surface area contributed by atoms with Gasteiger partial charge >= 0.3 is 5.69 Å². The normalized spacial score (nSPS) is 15.2. The number of aromatic nitrogens is 4. The molecule has 1 saturated heterocycles. The zero-order valence-corrected chi connectivity index (χ0v) is 15.5. The van der Waals surface area contributed by atoms with E-state index in [0.717, 1.165) is 31.0 Å². The Bertz CT molecular complexity index is 1090. The van der Waals surface area contributed by atoms with Crippen molar-refractivity contribution in [2.45, 2.75) is 19.5 Å². The van der Waals surface area contributed by atoms with Crippen LogP contribution in [-0.2, 0) is 17.9 Å². The third kappa shape index (κ3) is 3.89. The molecule has 0 spiro atoms. The second-order valence-corrected chi connectivity index (χ2v) is 6.89. The van der Waals surface area contributed by atoms with E-state index in [1.54, 1.807) is 0 Å². The molecule has 0 saturated carbocycles. The standard InChI is InChI=1S/C19H22N6O3/c26-17-4-7-24(19(28)21-17)8-5-18(27)23-11-9-22(10-12-23)14-15-13-20-16-3-1-2-6-25(15)16/h1-4,6-7,13H,5,8-12,14H2,(H,21,26,28). The van der Waals surface area contributed by atoms with Gasteiger partial charge in [0.1, 0.15) is 5.65 Å². The van der Waals surface area contributed by atoms with Crippen LogP contribution in [0.1, 0.15) is 12.1 Å². The molecular formula is C19H22N6O3.